The molecule has 0 aliphatic carbocycles. The number of carbonyl (C=O) groups is 1. The van der Waals surface area contributed by atoms with Crippen LogP contribution in [0.15, 0.2) is 24.3 Å². The highest BCUT2D eigenvalue weighted by Gasteiger charge is 2.08. The molecule has 82 valence electrons. The van der Waals surface area contributed by atoms with E-state index in [0.717, 1.165) is 12.2 Å². The molecule has 0 unspecified atom stereocenters. The molecule has 1 aromatic carbocycles. The molecule has 0 aliphatic heterocycles. The number of benzene rings is 1. The Morgan fingerprint density at radius 3 is 2.60 bits per heavy atom. The number of carboxylic acid groups (broad SMARTS) is 1. The van der Waals surface area contributed by atoms with Crippen LogP contribution in [0.1, 0.15) is 18.9 Å². The summed E-state index contributed by atoms with van der Waals surface area (Å²) in [5, 5.41) is 8.65. The van der Waals surface area contributed by atoms with Crippen molar-refractivity contribution in [1.29, 1.82) is 0 Å². The van der Waals surface area contributed by atoms with Crippen molar-refractivity contribution < 1.29 is 9.90 Å². The van der Waals surface area contributed by atoms with Crippen molar-refractivity contribution in [1.82, 2.24) is 0 Å². The predicted molar refractivity (Wildman–Crippen MR) is 61.3 cm³/mol. The Bertz CT molecular complexity index is 336. The average molecular weight is 207 g/mol. The molecule has 15 heavy (non-hydrogen) atoms. The Hall–Kier alpha value is -1.51. The highest BCUT2D eigenvalue weighted by Crippen LogP contribution is 2.18. The number of rotatable bonds is 5. The van der Waals surface area contributed by atoms with Gasteiger partial charge in [-0.2, -0.15) is 0 Å². The molecule has 0 radical (unpaired) electrons. The Morgan fingerprint density at radius 2 is 2.07 bits per heavy atom. The monoisotopic (exact) mass is 207 g/mol. The van der Waals surface area contributed by atoms with Gasteiger partial charge < -0.3 is 10.0 Å². The summed E-state index contributed by atoms with van der Waals surface area (Å²) in [4.78, 5) is 12.6. The number of hydrogen-bond donors (Lipinski definition) is 1. The molecule has 0 amide bonds. The van der Waals surface area contributed by atoms with E-state index in [-0.39, 0.29) is 6.42 Å². The van der Waals surface area contributed by atoms with Crippen molar-refractivity contribution in [2.24, 2.45) is 0 Å². The van der Waals surface area contributed by atoms with Crippen molar-refractivity contribution in [3.63, 3.8) is 0 Å². The Morgan fingerprint density at radius 1 is 1.40 bits per heavy atom. The summed E-state index contributed by atoms with van der Waals surface area (Å²) < 4.78 is 0. The van der Waals surface area contributed by atoms with Crippen LogP contribution in [0.2, 0.25) is 0 Å². The Kier molecular flexibility index (Phi) is 4.16. The maximum Gasteiger partial charge on any atom is 0.305 e. The minimum Gasteiger partial charge on any atom is -0.481 e. The summed E-state index contributed by atoms with van der Waals surface area (Å²) in [5.41, 5.74) is 2.31. The fourth-order valence-electron chi connectivity index (χ4n) is 1.60. The van der Waals surface area contributed by atoms with Crippen LogP contribution in [0.3, 0.4) is 0 Å². The molecule has 0 saturated carbocycles. The molecule has 0 atom stereocenters. The van der Waals surface area contributed by atoms with Gasteiger partial charge in [0.2, 0.25) is 0 Å². The van der Waals surface area contributed by atoms with Crippen LogP contribution in [-0.4, -0.2) is 24.2 Å². The normalized spacial score (nSPS) is 10.0. The second-order valence-electron chi connectivity index (χ2n) is 3.51. The molecular weight excluding hydrogens is 190 g/mol. The lowest BCUT2D eigenvalue weighted by Gasteiger charge is -2.24. The first-order valence-electron chi connectivity index (χ1n) is 5.17. The van der Waals surface area contributed by atoms with Crippen LogP contribution in [0.25, 0.3) is 0 Å². The van der Waals surface area contributed by atoms with Crippen molar-refractivity contribution >= 4 is 11.7 Å². The van der Waals surface area contributed by atoms with Crippen LogP contribution in [0.5, 0.6) is 0 Å². The Labute approximate surface area is 90.3 Å². The van der Waals surface area contributed by atoms with Gasteiger partial charge in [0.25, 0.3) is 0 Å². The maximum absolute atomic E-state index is 10.5. The SMILES string of the molecule is CCN(CCC(=O)O)c1ccccc1C. The lowest BCUT2D eigenvalue weighted by atomic mass is 10.2. The smallest absolute Gasteiger partial charge is 0.305 e. The standard InChI is InChI=1S/C12H17NO2/c1-3-13(9-8-12(14)15)11-7-5-4-6-10(11)2/h4-7H,3,8-9H2,1-2H3,(H,14,15). The summed E-state index contributed by atoms with van der Waals surface area (Å²) >= 11 is 0. The molecule has 1 rings (SSSR count). The zero-order valence-corrected chi connectivity index (χ0v) is 9.23. The first-order chi connectivity index (χ1) is 7.15. The highest BCUT2D eigenvalue weighted by molar-refractivity contribution is 5.68. The predicted octanol–water partition coefficient (Wildman–Crippen LogP) is 2.30. The first kappa shape index (κ1) is 11.6. The van der Waals surface area contributed by atoms with E-state index in [1.807, 2.05) is 38.1 Å². The highest BCUT2D eigenvalue weighted by atomic mass is 16.4. The van der Waals surface area contributed by atoms with E-state index in [0.29, 0.717) is 6.54 Å². The third kappa shape index (κ3) is 3.27. The minimum absolute atomic E-state index is 0.183. The number of hydrogen-bond acceptors (Lipinski definition) is 2. The van der Waals surface area contributed by atoms with Gasteiger partial charge in [-0.15, -0.1) is 0 Å². The summed E-state index contributed by atoms with van der Waals surface area (Å²) in [5.74, 6) is -0.748. The second-order valence-corrected chi connectivity index (χ2v) is 3.51. The first-order valence-corrected chi connectivity index (χ1v) is 5.17. The van der Waals surface area contributed by atoms with Gasteiger partial charge in [0.05, 0.1) is 6.42 Å². The van der Waals surface area contributed by atoms with E-state index in [4.69, 9.17) is 5.11 Å². The van der Waals surface area contributed by atoms with Crippen LogP contribution >= 0.6 is 0 Å². The zero-order chi connectivity index (χ0) is 11.3. The van der Waals surface area contributed by atoms with E-state index in [9.17, 15) is 4.79 Å². The summed E-state index contributed by atoms with van der Waals surface area (Å²) in [6.45, 7) is 5.47. The molecule has 1 aromatic rings. The van der Waals surface area contributed by atoms with E-state index in [1.54, 1.807) is 0 Å². The number of anilines is 1. The number of carboxylic acids is 1. The zero-order valence-electron chi connectivity index (χ0n) is 9.23. The van der Waals surface area contributed by atoms with Crippen LogP contribution in [0.4, 0.5) is 5.69 Å². The van der Waals surface area contributed by atoms with Gasteiger partial charge in [0.15, 0.2) is 0 Å². The molecule has 0 spiro atoms. The molecule has 0 bridgehead atoms. The van der Waals surface area contributed by atoms with Gasteiger partial charge in [0.1, 0.15) is 0 Å². The van der Waals surface area contributed by atoms with Crippen LogP contribution < -0.4 is 4.90 Å². The Balaban J connectivity index is 2.74. The lowest BCUT2D eigenvalue weighted by molar-refractivity contribution is -0.136. The molecular formula is C12H17NO2. The van der Waals surface area contributed by atoms with Gasteiger partial charge in [-0.25, -0.2) is 0 Å². The molecule has 0 fully saturated rings. The van der Waals surface area contributed by atoms with Crippen molar-refractivity contribution in [3.8, 4) is 0 Å². The third-order valence-electron chi connectivity index (χ3n) is 2.43. The lowest BCUT2D eigenvalue weighted by Crippen LogP contribution is -2.26. The summed E-state index contributed by atoms with van der Waals surface area (Å²) in [6, 6.07) is 8.04. The molecule has 1 N–H and O–H groups in total. The topological polar surface area (TPSA) is 40.5 Å². The van der Waals surface area contributed by atoms with Crippen molar-refractivity contribution in [3.05, 3.63) is 29.8 Å². The van der Waals surface area contributed by atoms with Crippen LogP contribution in [-0.2, 0) is 4.79 Å². The second kappa shape index (κ2) is 5.39. The molecule has 0 aliphatic rings. The number of nitrogens with zero attached hydrogens (tertiary/aromatic N) is 1. The van der Waals surface area contributed by atoms with E-state index in [1.165, 1.54) is 5.56 Å². The van der Waals surface area contributed by atoms with E-state index in [2.05, 4.69) is 4.90 Å². The van der Waals surface area contributed by atoms with Crippen molar-refractivity contribution in [2.75, 3.05) is 18.0 Å². The fraction of sp³-hybridized carbons (Fsp3) is 0.417. The molecule has 3 heteroatoms. The van der Waals surface area contributed by atoms with Gasteiger partial charge in [-0.1, -0.05) is 18.2 Å². The van der Waals surface area contributed by atoms with E-state index < -0.39 is 5.97 Å². The fourth-order valence-corrected chi connectivity index (χ4v) is 1.60. The molecule has 0 saturated heterocycles. The number of aryl methyl sites for hydroxylation is 1. The van der Waals surface area contributed by atoms with Gasteiger partial charge in [-0.3, -0.25) is 4.79 Å². The molecule has 0 aromatic heterocycles. The number of para-hydroxylation sites is 1. The van der Waals surface area contributed by atoms with Gasteiger partial charge >= 0.3 is 5.97 Å². The van der Waals surface area contributed by atoms with Gasteiger partial charge in [-0.05, 0) is 25.5 Å². The summed E-state index contributed by atoms with van der Waals surface area (Å²) in [6.07, 6.45) is 0.183. The maximum atomic E-state index is 10.5. The largest absolute Gasteiger partial charge is 0.481 e. The summed E-state index contributed by atoms with van der Waals surface area (Å²) in [7, 11) is 0. The quantitative estimate of drug-likeness (QED) is 0.805. The average Bonchev–Trinajstić information content (AvgIpc) is 2.21. The third-order valence-corrected chi connectivity index (χ3v) is 2.43. The van der Waals surface area contributed by atoms with Crippen molar-refractivity contribution in [2.45, 2.75) is 20.3 Å². The van der Waals surface area contributed by atoms with Crippen LogP contribution in [0, 0.1) is 6.92 Å². The minimum atomic E-state index is -0.748. The van der Waals surface area contributed by atoms with E-state index >= 15 is 0 Å². The molecule has 3 nitrogen and oxygen atoms in total. The molecule has 0 heterocycles. The number of aliphatic carboxylic acids is 1. The van der Waals surface area contributed by atoms with Gasteiger partial charge in [0, 0.05) is 18.8 Å².